The van der Waals surface area contributed by atoms with E-state index in [1.807, 2.05) is 18.4 Å². The Morgan fingerprint density at radius 3 is 2.87 bits per heavy atom. The summed E-state index contributed by atoms with van der Waals surface area (Å²) in [5.41, 5.74) is 0.401. The Bertz CT molecular complexity index is 584. The van der Waals surface area contributed by atoms with Crippen LogP contribution in [-0.2, 0) is 11.3 Å². The molecule has 128 valence electrons. The van der Waals surface area contributed by atoms with Crippen LogP contribution < -0.4 is 10.6 Å². The summed E-state index contributed by atoms with van der Waals surface area (Å²) in [6.07, 6.45) is 5.69. The molecular formula is C17H26IN3OS. The van der Waals surface area contributed by atoms with Gasteiger partial charge in [0.2, 0.25) is 0 Å². The van der Waals surface area contributed by atoms with Gasteiger partial charge in [-0.15, -0.1) is 35.3 Å². The lowest BCUT2D eigenvalue weighted by Crippen LogP contribution is -2.72. The fourth-order valence-corrected chi connectivity index (χ4v) is 5.38. The van der Waals surface area contributed by atoms with Gasteiger partial charge in [0.25, 0.3) is 0 Å². The molecule has 4 nitrogen and oxygen atoms in total. The van der Waals surface area contributed by atoms with Gasteiger partial charge in [-0.25, -0.2) is 0 Å². The van der Waals surface area contributed by atoms with Crippen LogP contribution in [-0.4, -0.2) is 31.8 Å². The molecule has 6 heteroatoms. The first-order chi connectivity index (χ1) is 10.7. The average molecular weight is 447 g/mol. The van der Waals surface area contributed by atoms with Crippen molar-refractivity contribution in [2.24, 2.45) is 16.3 Å². The van der Waals surface area contributed by atoms with Crippen LogP contribution in [0.5, 0.6) is 0 Å². The van der Waals surface area contributed by atoms with Crippen molar-refractivity contribution in [3.05, 3.63) is 21.9 Å². The van der Waals surface area contributed by atoms with Gasteiger partial charge in [0.1, 0.15) is 0 Å². The molecule has 2 saturated carbocycles. The second-order valence-electron chi connectivity index (χ2n) is 6.89. The smallest absolute Gasteiger partial charge is 0.191 e. The van der Waals surface area contributed by atoms with Crippen LogP contribution in [0, 0.1) is 18.3 Å². The Balaban J connectivity index is 0.00000156. The van der Waals surface area contributed by atoms with E-state index in [-0.39, 0.29) is 24.0 Å². The number of ether oxygens (including phenoxy) is 1. The molecule has 1 saturated heterocycles. The van der Waals surface area contributed by atoms with E-state index in [9.17, 15) is 0 Å². The SMILES string of the molecule is CN=C(NCc1ccc(C)s1)NC1C2CCOC2C12CCC2.I. The third kappa shape index (κ3) is 2.91. The lowest BCUT2D eigenvalue weighted by Gasteiger charge is -2.63. The summed E-state index contributed by atoms with van der Waals surface area (Å²) in [7, 11) is 1.86. The predicted molar refractivity (Wildman–Crippen MR) is 106 cm³/mol. The van der Waals surface area contributed by atoms with Crippen molar-refractivity contribution in [2.75, 3.05) is 13.7 Å². The molecule has 0 amide bonds. The minimum Gasteiger partial charge on any atom is -0.377 e. The number of thiophene rings is 1. The number of hydrogen-bond donors (Lipinski definition) is 2. The number of halogens is 1. The molecule has 3 aliphatic rings. The molecule has 1 aliphatic heterocycles. The van der Waals surface area contributed by atoms with E-state index in [1.54, 1.807) is 0 Å². The van der Waals surface area contributed by atoms with Crippen molar-refractivity contribution in [2.45, 2.75) is 51.3 Å². The normalized spacial score (nSPS) is 30.9. The van der Waals surface area contributed by atoms with Crippen LogP contribution in [0.4, 0.5) is 0 Å². The predicted octanol–water partition coefficient (Wildman–Crippen LogP) is 3.30. The number of aryl methyl sites for hydroxylation is 1. The van der Waals surface area contributed by atoms with Gasteiger partial charge in [-0.2, -0.15) is 0 Å². The largest absolute Gasteiger partial charge is 0.377 e. The van der Waals surface area contributed by atoms with E-state index in [2.05, 4.69) is 34.7 Å². The summed E-state index contributed by atoms with van der Waals surface area (Å²) in [5.74, 6) is 1.62. The second-order valence-corrected chi connectivity index (χ2v) is 8.26. The average Bonchev–Trinajstić information content (AvgIpc) is 3.05. The zero-order valence-corrected chi connectivity index (χ0v) is 16.9. The summed E-state index contributed by atoms with van der Waals surface area (Å²) in [4.78, 5) is 7.14. The molecule has 3 fully saturated rings. The quantitative estimate of drug-likeness (QED) is 0.425. The van der Waals surface area contributed by atoms with Gasteiger partial charge >= 0.3 is 0 Å². The summed E-state index contributed by atoms with van der Waals surface area (Å²) in [6, 6.07) is 4.91. The summed E-state index contributed by atoms with van der Waals surface area (Å²) < 4.78 is 5.99. The zero-order chi connectivity index (χ0) is 15.2. The third-order valence-corrected chi connectivity index (χ3v) is 6.78. The first-order valence-electron chi connectivity index (χ1n) is 8.37. The molecule has 1 aromatic heterocycles. The lowest BCUT2D eigenvalue weighted by atomic mass is 9.46. The van der Waals surface area contributed by atoms with Crippen molar-refractivity contribution in [1.29, 1.82) is 0 Å². The molecule has 3 unspecified atom stereocenters. The first-order valence-corrected chi connectivity index (χ1v) is 9.19. The van der Waals surface area contributed by atoms with Gasteiger partial charge in [-0.05, 0) is 38.3 Å². The van der Waals surface area contributed by atoms with Crippen molar-refractivity contribution in [1.82, 2.24) is 10.6 Å². The highest BCUT2D eigenvalue weighted by Crippen LogP contribution is 2.62. The van der Waals surface area contributed by atoms with Gasteiger partial charge in [0.05, 0.1) is 12.6 Å². The lowest BCUT2D eigenvalue weighted by molar-refractivity contribution is -0.171. The monoisotopic (exact) mass is 447 g/mol. The number of aliphatic imine (C=N–C) groups is 1. The van der Waals surface area contributed by atoms with Gasteiger partial charge in [0, 0.05) is 40.8 Å². The van der Waals surface area contributed by atoms with Crippen LogP contribution in [0.2, 0.25) is 0 Å². The first kappa shape index (κ1) is 17.5. The molecule has 23 heavy (non-hydrogen) atoms. The molecule has 4 rings (SSSR count). The molecule has 2 aliphatic carbocycles. The molecule has 2 N–H and O–H groups in total. The van der Waals surface area contributed by atoms with E-state index < -0.39 is 0 Å². The molecular weight excluding hydrogens is 421 g/mol. The number of guanidine groups is 1. The molecule has 0 bridgehead atoms. The van der Waals surface area contributed by atoms with E-state index in [0.717, 1.165) is 19.1 Å². The standard InChI is InChI=1S/C17H25N3OS.HI/c1-11-4-5-12(22-11)10-19-16(18-2)20-14-13-6-9-21-15(13)17(14)7-3-8-17;/h4-5,13-15H,3,6-10H2,1-2H3,(H2,18,19,20);1H. The number of fused-ring (bicyclic) bond motifs is 2. The maximum Gasteiger partial charge on any atom is 0.191 e. The van der Waals surface area contributed by atoms with Crippen molar-refractivity contribution in [3.63, 3.8) is 0 Å². The van der Waals surface area contributed by atoms with Gasteiger partial charge in [-0.3, -0.25) is 4.99 Å². The highest BCUT2D eigenvalue weighted by atomic mass is 127. The zero-order valence-electron chi connectivity index (χ0n) is 13.8. The summed E-state index contributed by atoms with van der Waals surface area (Å²) in [5, 5.41) is 7.18. The molecule has 1 spiro atoms. The Hall–Kier alpha value is -0.340. The van der Waals surface area contributed by atoms with Crippen LogP contribution in [0.1, 0.15) is 35.4 Å². The summed E-state index contributed by atoms with van der Waals surface area (Å²) in [6.45, 7) is 3.94. The van der Waals surface area contributed by atoms with Gasteiger partial charge in [-0.1, -0.05) is 6.42 Å². The number of rotatable bonds is 3. The van der Waals surface area contributed by atoms with E-state index in [0.29, 0.717) is 23.5 Å². The highest BCUT2D eigenvalue weighted by Gasteiger charge is 2.66. The van der Waals surface area contributed by atoms with Crippen LogP contribution in [0.3, 0.4) is 0 Å². The van der Waals surface area contributed by atoms with Crippen molar-refractivity contribution in [3.8, 4) is 0 Å². The van der Waals surface area contributed by atoms with Crippen LogP contribution in [0.15, 0.2) is 17.1 Å². The van der Waals surface area contributed by atoms with Crippen molar-refractivity contribution < 1.29 is 4.74 Å². The Kier molecular flexibility index (Phi) is 5.23. The van der Waals surface area contributed by atoms with E-state index in [4.69, 9.17) is 4.74 Å². The maximum absolute atomic E-state index is 5.99. The van der Waals surface area contributed by atoms with E-state index >= 15 is 0 Å². The number of nitrogens with zero attached hydrogens (tertiary/aromatic N) is 1. The van der Waals surface area contributed by atoms with E-state index in [1.165, 1.54) is 35.4 Å². The van der Waals surface area contributed by atoms with Gasteiger partial charge in [0.15, 0.2) is 5.96 Å². The Labute approximate surface area is 159 Å². The Morgan fingerprint density at radius 2 is 2.26 bits per heavy atom. The molecule has 2 heterocycles. The summed E-state index contributed by atoms with van der Waals surface area (Å²) >= 11 is 1.84. The Morgan fingerprint density at radius 1 is 1.43 bits per heavy atom. The second kappa shape index (κ2) is 6.88. The fraction of sp³-hybridized carbons (Fsp3) is 0.706. The molecule has 1 aromatic rings. The highest BCUT2D eigenvalue weighted by molar-refractivity contribution is 14.0. The molecule has 0 aromatic carbocycles. The minimum atomic E-state index is 0. The van der Waals surface area contributed by atoms with Crippen LogP contribution >= 0.6 is 35.3 Å². The van der Waals surface area contributed by atoms with Crippen LogP contribution in [0.25, 0.3) is 0 Å². The maximum atomic E-state index is 5.99. The number of hydrogen-bond acceptors (Lipinski definition) is 3. The van der Waals surface area contributed by atoms with Gasteiger partial charge < -0.3 is 15.4 Å². The molecule has 0 radical (unpaired) electrons. The third-order valence-electron chi connectivity index (χ3n) is 5.78. The minimum absolute atomic E-state index is 0. The topological polar surface area (TPSA) is 45.7 Å². The number of nitrogens with one attached hydrogen (secondary N) is 2. The fourth-order valence-electron chi connectivity index (χ4n) is 4.55. The van der Waals surface area contributed by atoms with Crippen molar-refractivity contribution >= 4 is 41.3 Å². The molecule has 3 atom stereocenters.